The zero-order valence-corrected chi connectivity index (χ0v) is 9.11. The molecular weight excluding hydrogens is 352 g/mol. The summed E-state index contributed by atoms with van der Waals surface area (Å²) in [5.41, 5.74) is 1.12. The molecule has 0 aliphatic heterocycles. The zero-order valence-electron chi connectivity index (χ0n) is 5.33. The summed E-state index contributed by atoms with van der Waals surface area (Å²) >= 11 is -1.87. The van der Waals surface area contributed by atoms with Crippen LogP contribution < -0.4 is 3.13 Å². The monoisotopic (exact) mass is 358 g/mol. The van der Waals surface area contributed by atoms with Crippen molar-refractivity contribution < 1.29 is 18.6 Å². The van der Waals surface area contributed by atoms with E-state index in [1.165, 1.54) is 0 Å². The van der Waals surface area contributed by atoms with E-state index in [-0.39, 0.29) is 0 Å². The van der Waals surface area contributed by atoms with Crippen molar-refractivity contribution in [2.45, 2.75) is 6.92 Å². The summed E-state index contributed by atoms with van der Waals surface area (Å²) in [7, 11) is 11.6. The molecule has 4 heteroatoms. The van der Waals surface area contributed by atoms with Gasteiger partial charge in [0.05, 0.1) is 0 Å². The molecule has 0 aliphatic carbocycles. The van der Waals surface area contributed by atoms with Gasteiger partial charge in [-0.25, -0.2) is 0 Å². The number of halogens is 2. The number of rotatable bonds is 1. The molecule has 0 bridgehead atoms. The molecule has 0 unspecified atom stereocenters. The molecule has 1 aromatic heterocycles. The zero-order chi connectivity index (χ0) is 7.56. The molecule has 1 nitrogen and oxygen atoms in total. The summed E-state index contributed by atoms with van der Waals surface area (Å²) in [4.78, 5) is 0. The summed E-state index contributed by atoms with van der Waals surface area (Å²) in [5, 5.41) is 0. The molecule has 0 aliphatic rings. The first-order valence-electron chi connectivity index (χ1n) is 2.65. The first kappa shape index (κ1) is 8.51. The summed E-state index contributed by atoms with van der Waals surface area (Å²) in [5.74, 6) is 0. The molecule has 1 heterocycles. The van der Waals surface area contributed by atoms with Crippen LogP contribution in [0.3, 0.4) is 0 Å². The SMILES string of the molecule is Cc1cccc[n+]1[Pt]([Cl])[Cl]. The quantitative estimate of drug-likeness (QED) is 0.722. The van der Waals surface area contributed by atoms with Crippen molar-refractivity contribution in [2.75, 3.05) is 0 Å². The summed E-state index contributed by atoms with van der Waals surface area (Å²) in [6, 6.07) is 5.90. The van der Waals surface area contributed by atoms with Crippen LogP contribution in [0, 0.1) is 6.92 Å². The Balaban J connectivity index is 3.03. The van der Waals surface area contributed by atoms with E-state index in [0.717, 1.165) is 5.69 Å². The fourth-order valence-corrected chi connectivity index (χ4v) is 3.81. The van der Waals surface area contributed by atoms with E-state index in [0.29, 0.717) is 0 Å². The van der Waals surface area contributed by atoms with E-state index < -0.39 is 15.5 Å². The maximum atomic E-state index is 5.79. The Morgan fingerprint density at radius 3 is 2.50 bits per heavy atom. The number of hydrogen-bond donors (Lipinski definition) is 0. The molecule has 0 saturated carbocycles. The van der Waals surface area contributed by atoms with E-state index in [1.807, 2.05) is 34.4 Å². The molecule has 0 N–H and O–H groups in total. The molecule has 0 atom stereocenters. The van der Waals surface area contributed by atoms with E-state index in [9.17, 15) is 0 Å². The van der Waals surface area contributed by atoms with Crippen molar-refractivity contribution in [1.82, 2.24) is 0 Å². The van der Waals surface area contributed by atoms with Crippen LogP contribution in [-0.4, -0.2) is 0 Å². The number of pyridine rings is 1. The molecule has 0 radical (unpaired) electrons. The average molecular weight is 359 g/mol. The molecule has 0 aromatic carbocycles. The fraction of sp³-hybridized carbons (Fsp3) is 0.167. The van der Waals surface area contributed by atoms with Crippen LogP contribution in [0.25, 0.3) is 0 Å². The van der Waals surface area contributed by atoms with Crippen molar-refractivity contribution in [3.8, 4) is 0 Å². The second-order valence-corrected chi connectivity index (χ2v) is 8.67. The van der Waals surface area contributed by atoms with Gasteiger partial charge in [0.15, 0.2) is 0 Å². The van der Waals surface area contributed by atoms with Crippen LogP contribution >= 0.6 is 18.8 Å². The topological polar surface area (TPSA) is 3.88 Å². The van der Waals surface area contributed by atoms with Crippen molar-refractivity contribution in [3.05, 3.63) is 30.1 Å². The summed E-state index contributed by atoms with van der Waals surface area (Å²) < 4.78 is 1.94. The minimum absolute atomic E-state index is 1.12. The predicted octanol–water partition coefficient (Wildman–Crippen LogP) is 1.97. The Bertz CT molecular complexity index is 227. The first-order chi connectivity index (χ1) is 4.72. The van der Waals surface area contributed by atoms with Gasteiger partial charge in [-0.1, -0.05) is 0 Å². The van der Waals surface area contributed by atoms with Crippen LogP contribution in [0.5, 0.6) is 0 Å². The van der Waals surface area contributed by atoms with E-state index in [1.54, 1.807) is 0 Å². The third kappa shape index (κ3) is 1.95. The predicted molar refractivity (Wildman–Crippen MR) is 38.5 cm³/mol. The van der Waals surface area contributed by atoms with Gasteiger partial charge in [0.2, 0.25) is 0 Å². The van der Waals surface area contributed by atoms with Gasteiger partial charge in [0.25, 0.3) is 0 Å². The van der Waals surface area contributed by atoms with Crippen molar-refractivity contribution >= 4 is 18.8 Å². The molecular formula is C6H7Cl2NPt+. The normalized spacial score (nSPS) is 11.3. The van der Waals surface area contributed by atoms with Gasteiger partial charge in [0, 0.05) is 0 Å². The summed E-state index contributed by atoms with van der Waals surface area (Å²) in [6.07, 6.45) is 1.92. The third-order valence-electron chi connectivity index (χ3n) is 1.09. The molecule has 10 heavy (non-hydrogen) atoms. The van der Waals surface area contributed by atoms with Gasteiger partial charge in [-0.05, 0) is 0 Å². The van der Waals surface area contributed by atoms with Crippen molar-refractivity contribution in [3.63, 3.8) is 0 Å². The number of aromatic nitrogens is 1. The number of aryl methyl sites for hydroxylation is 1. The summed E-state index contributed by atoms with van der Waals surface area (Å²) in [6.45, 7) is 2.00. The van der Waals surface area contributed by atoms with E-state index in [4.69, 9.17) is 18.8 Å². The molecule has 0 spiro atoms. The van der Waals surface area contributed by atoms with Gasteiger partial charge in [-0.3, -0.25) is 0 Å². The number of nitrogens with zero attached hydrogens (tertiary/aromatic N) is 1. The second kappa shape index (κ2) is 3.71. The van der Waals surface area contributed by atoms with Crippen LogP contribution in [0.4, 0.5) is 0 Å². The van der Waals surface area contributed by atoms with Gasteiger partial charge >= 0.3 is 74.5 Å². The maximum absolute atomic E-state index is 5.79. The Morgan fingerprint density at radius 1 is 1.40 bits per heavy atom. The van der Waals surface area contributed by atoms with Gasteiger partial charge in [-0.15, -0.1) is 0 Å². The van der Waals surface area contributed by atoms with E-state index >= 15 is 0 Å². The van der Waals surface area contributed by atoms with Crippen molar-refractivity contribution in [1.29, 1.82) is 0 Å². The molecule has 59 valence electrons. The Morgan fingerprint density at radius 2 is 2.10 bits per heavy atom. The van der Waals surface area contributed by atoms with Crippen LogP contribution in [0.2, 0.25) is 0 Å². The van der Waals surface area contributed by atoms with Crippen molar-refractivity contribution in [2.24, 2.45) is 0 Å². The molecule has 0 fully saturated rings. The van der Waals surface area contributed by atoms with Gasteiger partial charge < -0.3 is 0 Å². The minimum atomic E-state index is -1.87. The fourth-order valence-electron chi connectivity index (χ4n) is 0.619. The van der Waals surface area contributed by atoms with Crippen LogP contribution in [0.15, 0.2) is 24.4 Å². The molecule has 0 saturated heterocycles. The Kier molecular flexibility index (Phi) is 3.16. The number of hydrogen-bond acceptors (Lipinski definition) is 0. The Labute approximate surface area is 74.3 Å². The van der Waals surface area contributed by atoms with Gasteiger partial charge in [0.1, 0.15) is 0 Å². The van der Waals surface area contributed by atoms with Crippen LogP contribution in [0.1, 0.15) is 5.69 Å². The molecule has 1 rings (SSSR count). The molecule has 1 aromatic rings. The van der Waals surface area contributed by atoms with Crippen LogP contribution in [-0.2, 0) is 15.5 Å². The van der Waals surface area contributed by atoms with E-state index in [2.05, 4.69) is 0 Å². The first-order valence-corrected chi connectivity index (χ1v) is 9.30. The average Bonchev–Trinajstić information content (AvgIpc) is 1.88. The van der Waals surface area contributed by atoms with Gasteiger partial charge in [-0.2, -0.15) is 0 Å². The third-order valence-corrected chi connectivity index (χ3v) is 4.94. The Hall–Kier alpha value is 0.418. The molecule has 0 amide bonds. The standard InChI is InChI=1S/C6H7N.2ClH.Pt/c1-6-4-2-3-5-7-6;;;/h2-5H,1H3;2*1H;/q;;;+3/p-2. The second-order valence-electron chi connectivity index (χ2n) is 1.78.